The fourth-order valence-corrected chi connectivity index (χ4v) is 4.87. The highest BCUT2D eigenvalue weighted by atomic mass is 32.2. The van der Waals surface area contributed by atoms with Crippen molar-refractivity contribution in [2.24, 2.45) is 10.7 Å². The third-order valence-corrected chi connectivity index (χ3v) is 6.24. The molecule has 1 atom stereocenters. The van der Waals surface area contributed by atoms with Gasteiger partial charge in [-0.1, -0.05) is 12.8 Å². The van der Waals surface area contributed by atoms with Crippen LogP contribution in [0.4, 0.5) is 10.1 Å². The number of aromatic nitrogens is 1. The van der Waals surface area contributed by atoms with E-state index in [0.717, 1.165) is 58.8 Å². The molecule has 134 valence electrons. The zero-order valence-corrected chi connectivity index (χ0v) is 15.2. The topological polar surface area (TPSA) is 66.2 Å². The molecule has 4 N–H and O–H groups in total. The summed E-state index contributed by atoms with van der Waals surface area (Å²) in [6, 6.07) is 6.03. The number of nitrogens with one attached hydrogen (secondary N) is 2. The van der Waals surface area contributed by atoms with Crippen LogP contribution in [-0.4, -0.2) is 34.4 Å². The Balaban J connectivity index is 1.61. The van der Waals surface area contributed by atoms with Gasteiger partial charge in [0, 0.05) is 17.2 Å². The molecule has 1 saturated carbocycles. The summed E-state index contributed by atoms with van der Waals surface area (Å²) in [4.78, 5) is 8.30. The number of thioether (sulfide) groups is 1. The third kappa shape index (κ3) is 3.70. The first-order chi connectivity index (χ1) is 12.2. The number of hydrogen-bond acceptors (Lipinski definition) is 4. The first-order valence-electron chi connectivity index (χ1n) is 9.23. The minimum atomic E-state index is -0.194. The molecule has 0 amide bonds. The van der Waals surface area contributed by atoms with E-state index in [0.29, 0.717) is 18.6 Å². The Morgan fingerprint density at radius 3 is 2.92 bits per heavy atom. The molecule has 1 aliphatic carbocycles. The number of rotatable bonds is 6. The molecule has 1 aromatic carbocycles. The summed E-state index contributed by atoms with van der Waals surface area (Å²) in [5.41, 5.74) is 8.45. The third-order valence-electron chi connectivity index (χ3n) is 5.09. The lowest BCUT2D eigenvalue weighted by Gasteiger charge is -2.14. The van der Waals surface area contributed by atoms with E-state index < -0.39 is 0 Å². The van der Waals surface area contributed by atoms with Crippen molar-refractivity contribution >= 4 is 33.4 Å². The van der Waals surface area contributed by atoms with Crippen LogP contribution in [-0.2, 0) is 0 Å². The molecule has 1 fully saturated rings. The van der Waals surface area contributed by atoms with Crippen molar-refractivity contribution in [1.82, 2.24) is 4.98 Å². The van der Waals surface area contributed by atoms with Gasteiger partial charge in [0.15, 0.2) is 0 Å². The van der Waals surface area contributed by atoms with Crippen LogP contribution in [0.5, 0.6) is 0 Å². The summed E-state index contributed by atoms with van der Waals surface area (Å²) >= 11 is 1.78. The molecule has 0 saturated heterocycles. The fourth-order valence-electron chi connectivity index (χ4n) is 3.79. The van der Waals surface area contributed by atoms with Crippen LogP contribution in [0.15, 0.2) is 23.2 Å². The molecule has 4 nitrogen and oxygen atoms in total. The standard InChI is InChI=1S/C19H25FN4S/c20-13-8-12-9-17(19-23-15(11-25-19)6-3-7-21)24-18(12)16(10-13)22-14-4-1-2-5-14/h8-10,14-15,22,24H,1-7,11,21H2. The van der Waals surface area contributed by atoms with Crippen LogP contribution in [0.3, 0.4) is 0 Å². The largest absolute Gasteiger partial charge is 0.381 e. The first kappa shape index (κ1) is 16.9. The van der Waals surface area contributed by atoms with E-state index in [-0.39, 0.29) is 5.82 Å². The van der Waals surface area contributed by atoms with Gasteiger partial charge in [-0.2, -0.15) is 0 Å². The highest BCUT2D eigenvalue weighted by Crippen LogP contribution is 2.32. The van der Waals surface area contributed by atoms with Crippen LogP contribution in [0.25, 0.3) is 10.9 Å². The van der Waals surface area contributed by atoms with Crippen molar-refractivity contribution in [3.05, 3.63) is 29.7 Å². The number of aromatic amines is 1. The second-order valence-electron chi connectivity index (χ2n) is 7.06. The lowest BCUT2D eigenvalue weighted by molar-refractivity contribution is 0.629. The fraction of sp³-hybridized carbons (Fsp3) is 0.526. The summed E-state index contributed by atoms with van der Waals surface area (Å²) in [5, 5.41) is 5.47. The Morgan fingerprint density at radius 1 is 1.28 bits per heavy atom. The Hall–Kier alpha value is -1.53. The number of fused-ring (bicyclic) bond motifs is 1. The maximum Gasteiger partial charge on any atom is 0.126 e. The van der Waals surface area contributed by atoms with Gasteiger partial charge in [-0.15, -0.1) is 11.8 Å². The highest BCUT2D eigenvalue weighted by molar-refractivity contribution is 8.14. The predicted octanol–water partition coefficient (Wildman–Crippen LogP) is 4.26. The second kappa shape index (κ2) is 7.38. The van der Waals surface area contributed by atoms with E-state index in [4.69, 9.17) is 10.7 Å². The molecule has 0 bridgehead atoms. The van der Waals surface area contributed by atoms with Crippen molar-refractivity contribution < 1.29 is 4.39 Å². The van der Waals surface area contributed by atoms with Gasteiger partial charge in [0.05, 0.1) is 22.9 Å². The highest BCUT2D eigenvalue weighted by Gasteiger charge is 2.22. The predicted molar refractivity (Wildman–Crippen MR) is 105 cm³/mol. The lowest BCUT2D eigenvalue weighted by atomic mass is 10.2. The maximum absolute atomic E-state index is 14.1. The number of H-pyrrole nitrogens is 1. The summed E-state index contributed by atoms with van der Waals surface area (Å²) in [6.45, 7) is 0.716. The quantitative estimate of drug-likeness (QED) is 0.721. The molecule has 1 aromatic heterocycles. The van der Waals surface area contributed by atoms with Gasteiger partial charge in [-0.25, -0.2) is 4.39 Å². The van der Waals surface area contributed by atoms with Gasteiger partial charge in [0.2, 0.25) is 0 Å². The molecule has 2 aromatic rings. The Bertz CT molecular complexity index is 779. The molecular formula is C19H25FN4S. The number of nitrogens with zero attached hydrogens (tertiary/aromatic N) is 1. The van der Waals surface area contributed by atoms with Crippen molar-refractivity contribution in [1.29, 1.82) is 0 Å². The maximum atomic E-state index is 14.1. The van der Waals surface area contributed by atoms with Crippen molar-refractivity contribution in [3.63, 3.8) is 0 Å². The number of anilines is 1. The SMILES string of the molecule is NCCCC1CSC(c2cc3cc(F)cc(NC4CCCC4)c3[nH]2)=N1. The van der Waals surface area contributed by atoms with Crippen LogP contribution >= 0.6 is 11.8 Å². The smallest absolute Gasteiger partial charge is 0.126 e. The molecule has 1 unspecified atom stereocenters. The molecule has 4 rings (SSSR count). The minimum absolute atomic E-state index is 0.194. The van der Waals surface area contributed by atoms with Crippen LogP contribution in [0, 0.1) is 5.82 Å². The van der Waals surface area contributed by atoms with Crippen molar-refractivity contribution in [2.45, 2.75) is 50.6 Å². The minimum Gasteiger partial charge on any atom is -0.381 e. The van der Waals surface area contributed by atoms with Crippen molar-refractivity contribution in [3.8, 4) is 0 Å². The summed E-state index contributed by atoms with van der Waals surface area (Å²) < 4.78 is 14.1. The molecule has 25 heavy (non-hydrogen) atoms. The second-order valence-corrected chi connectivity index (χ2v) is 8.06. The first-order valence-corrected chi connectivity index (χ1v) is 10.2. The van der Waals surface area contributed by atoms with Gasteiger partial charge in [-0.05, 0) is 50.4 Å². The molecular weight excluding hydrogens is 335 g/mol. The van der Waals surface area contributed by atoms with E-state index in [1.807, 2.05) is 6.07 Å². The Kier molecular flexibility index (Phi) is 4.99. The average Bonchev–Trinajstić information content (AvgIpc) is 3.32. The summed E-state index contributed by atoms with van der Waals surface area (Å²) in [5.74, 6) is 0.812. The zero-order chi connectivity index (χ0) is 17.2. The van der Waals surface area contributed by atoms with Gasteiger partial charge in [-0.3, -0.25) is 4.99 Å². The lowest BCUT2D eigenvalue weighted by Crippen LogP contribution is -2.14. The molecule has 1 aliphatic heterocycles. The van der Waals surface area contributed by atoms with E-state index in [1.165, 1.54) is 12.8 Å². The van der Waals surface area contributed by atoms with Gasteiger partial charge < -0.3 is 16.0 Å². The normalized spacial score (nSPS) is 21.2. The Labute approximate surface area is 151 Å². The van der Waals surface area contributed by atoms with Gasteiger partial charge in [0.1, 0.15) is 10.9 Å². The molecule has 2 aliphatic rings. The number of nitrogens with two attached hydrogens (primary N) is 1. The molecule has 0 radical (unpaired) electrons. The van der Waals surface area contributed by atoms with E-state index in [9.17, 15) is 4.39 Å². The summed E-state index contributed by atoms with van der Waals surface area (Å²) in [6.07, 6.45) is 6.88. The van der Waals surface area contributed by atoms with Gasteiger partial charge in [0.25, 0.3) is 0 Å². The average molecular weight is 361 g/mol. The molecule has 6 heteroatoms. The number of hydrogen-bond donors (Lipinski definition) is 3. The van der Waals surface area contributed by atoms with E-state index in [2.05, 4.69) is 10.3 Å². The Morgan fingerprint density at radius 2 is 2.12 bits per heavy atom. The van der Waals surface area contributed by atoms with E-state index >= 15 is 0 Å². The van der Waals surface area contributed by atoms with Crippen LogP contribution < -0.4 is 11.1 Å². The van der Waals surface area contributed by atoms with Gasteiger partial charge >= 0.3 is 0 Å². The van der Waals surface area contributed by atoms with E-state index in [1.54, 1.807) is 23.9 Å². The van der Waals surface area contributed by atoms with Crippen LogP contribution in [0.2, 0.25) is 0 Å². The number of halogens is 1. The molecule has 2 heterocycles. The van der Waals surface area contributed by atoms with Crippen molar-refractivity contribution in [2.75, 3.05) is 17.6 Å². The monoisotopic (exact) mass is 360 g/mol. The molecule has 0 spiro atoms. The summed E-state index contributed by atoms with van der Waals surface area (Å²) in [7, 11) is 0. The zero-order valence-electron chi connectivity index (χ0n) is 14.4. The number of benzene rings is 1. The number of aliphatic imine (C=N–C) groups is 1. The van der Waals surface area contributed by atoms with Crippen LogP contribution in [0.1, 0.15) is 44.2 Å².